The van der Waals surface area contributed by atoms with E-state index in [-0.39, 0.29) is 16.7 Å². The predicted octanol–water partition coefficient (Wildman–Crippen LogP) is 4.39. The van der Waals surface area contributed by atoms with E-state index >= 15 is 0 Å². The van der Waals surface area contributed by atoms with Crippen molar-refractivity contribution in [2.45, 2.75) is 25.4 Å². The van der Waals surface area contributed by atoms with Crippen molar-refractivity contribution in [3.8, 4) is 17.3 Å². The molecule has 122 valence electrons. The lowest BCUT2D eigenvalue weighted by Gasteiger charge is -2.25. The molecule has 4 nitrogen and oxygen atoms in total. The number of halogens is 4. The lowest BCUT2D eigenvalue weighted by atomic mass is 9.86. The third kappa shape index (κ3) is 3.55. The number of nitrogens with zero attached hydrogens (tertiary/aromatic N) is 3. The predicted molar refractivity (Wildman–Crippen MR) is 78.1 cm³/mol. The molecule has 0 saturated heterocycles. The Labute approximate surface area is 135 Å². The van der Waals surface area contributed by atoms with E-state index in [1.165, 1.54) is 12.6 Å². The number of hydrogen-bond donors (Lipinski definition) is 0. The molecule has 0 radical (unpaired) electrons. The molecule has 1 fully saturated rings. The molecular formula is C15H13ClF3N3O. The zero-order chi connectivity index (χ0) is 16.4. The van der Waals surface area contributed by atoms with Crippen LogP contribution in [0.3, 0.4) is 0 Å². The second kappa shape index (κ2) is 6.31. The molecule has 0 atom stereocenters. The number of alkyl halides is 3. The van der Waals surface area contributed by atoms with Gasteiger partial charge in [-0.25, -0.2) is 15.0 Å². The van der Waals surface area contributed by atoms with Gasteiger partial charge in [-0.1, -0.05) is 18.0 Å². The SMILES string of the molecule is FC(F)(F)c1cnc(-c2ccnc(OCC3CCC3)c2Cl)nc1. The third-order valence-corrected chi connectivity index (χ3v) is 4.12. The topological polar surface area (TPSA) is 47.9 Å². The Morgan fingerprint density at radius 1 is 1.17 bits per heavy atom. The fraction of sp³-hybridized carbons (Fsp3) is 0.400. The van der Waals surface area contributed by atoms with E-state index in [0.29, 0.717) is 18.1 Å². The molecule has 1 aliphatic rings. The highest BCUT2D eigenvalue weighted by atomic mass is 35.5. The highest BCUT2D eigenvalue weighted by molar-refractivity contribution is 6.34. The van der Waals surface area contributed by atoms with Gasteiger partial charge in [0.05, 0.1) is 12.2 Å². The van der Waals surface area contributed by atoms with Gasteiger partial charge in [-0.15, -0.1) is 0 Å². The fourth-order valence-corrected chi connectivity index (χ4v) is 2.42. The molecule has 3 rings (SSSR count). The number of rotatable bonds is 4. The van der Waals surface area contributed by atoms with Crippen molar-refractivity contribution in [1.29, 1.82) is 0 Å². The lowest BCUT2D eigenvalue weighted by Crippen LogP contribution is -2.19. The summed E-state index contributed by atoms with van der Waals surface area (Å²) >= 11 is 6.23. The molecule has 0 bridgehead atoms. The molecule has 0 aliphatic heterocycles. The van der Waals surface area contributed by atoms with Crippen LogP contribution in [-0.4, -0.2) is 21.6 Å². The number of aromatic nitrogens is 3. The first kappa shape index (κ1) is 16.0. The van der Waals surface area contributed by atoms with Crippen LogP contribution in [0.2, 0.25) is 5.02 Å². The Balaban J connectivity index is 1.81. The van der Waals surface area contributed by atoms with Crippen molar-refractivity contribution in [3.63, 3.8) is 0 Å². The van der Waals surface area contributed by atoms with Crippen LogP contribution in [0.25, 0.3) is 11.4 Å². The maximum atomic E-state index is 12.5. The van der Waals surface area contributed by atoms with Gasteiger partial charge in [0.1, 0.15) is 5.02 Å². The van der Waals surface area contributed by atoms with Crippen LogP contribution in [0.4, 0.5) is 13.2 Å². The molecule has 0 amide bonds. The van der Waals surface area contributed by atoms with Crippen LogP contribution in [0, 0.1) is 5.92 Å². The Morgan fingerprint density at radius 3 is 2.43 bits per heavy atom. The van der Waals surface area contributed by atoms with Crippen LogP contribution >= 0.6 is 11.6 Å². The van der Waals surface area contributed by atoms with E-state index in [2.05, 4.69) is 15.0 Å². The Hall–Kier alpha value is -1.89. The third-order valence-electron chi connectivity index (χ3n) is 3.76. The molecule has 1 aliphatic carbocycles. The molecule has 0 N–H and O–H groups in total. The van der Waals surface area contributed by atoms with Crippen LogP contribution in [0.15, 0.2) is 24.7 Å². The van der Waals surface area contributed by atoms with Crippen molar-refractivity contribution in [1.82, 2.24) is 15.0 Å². The lowest BCUT2D eigenvalue weighted by molar-refractivity contribution is -0.138. The Bertz CT molecular complexity index is 687. The average molecular weight is 344 g/mol. The van der Waals surface area contributed by atoms with Gasteiger partial charge in [0.25, 0.3) is 0 Å². The van der Waals surface area contributed by atoms with Crippen molar-refractivity contribution < 1.29 is 17.9 Å². The molecule has 2 heterocycles. The minimum absolute atomic E-state index is 0.0962. The standard InChI is InChI=1S/C15H13ClF3N3O/c16-12-11(13-21-6-10(7-22-13)15(17,18)19)4-5-20-14(12)23-8-9-2-1-3-9/h4-7,9H,1-3,8H2. The summed E-state index contributed by atoms with van der Waals surface area (Å²) in [6, 6.07) is 1.54. The fourth-order valence-electron chi connectivity index (χ4n) is 2.17. The van der Waals surface area contributed by atoms with Gasteiger partial charge in [-0.3, -0.25) is 0 Å². The molecular weight excluding hydrogens is 331 g/mol. The summed E-state index contributed by atoms with van der Waals surface area (Å²) in [5.74, 6) is 0.859. The molecule has 0 spiro atoms. The normalized spacial score (nSPS) is 15.3. The summed E-state index contributed by atoms with van der Waals surface area (Å²) < 4.78 is 43.2. The highest BCUT2D eigenvalue weighted by Crippen LogP contribution is 2.34. The van der Waals surface area contributed by atoms with Crippen molar-refractivity contribution in [2.24, 2.45) is 5.92 Å². The minimum atomic E-state index is -4.47. The van der Waals surface area contributed by atoms with Crippen LogP contribution in [0.1, 0.15) is 24.8 Å². The first-order valence-corrected chi connectivity index (χ1v) is 7.50. The van der Waals surface area contributed by atoms with Crippen LogP contribution in [-0.2, 0) is 6.18 Å². The first-order valence-electron chi connectivity index (χ1n) is 7.12. The van der Waals surface area contributed by atoms with Gasteiger partial charge in [0.2, 0.25) is 5.88 Å². The molecule has 0 aromatic carbocycles. The van der Waals surface area contributed by atoms with Crippen LogP contribution in [0.5, 0.6) is 5.88 Å². The summed E-state index contributed by atoms with van der Waals surface area (Å²) in [7, 11) is 0. The smallest absolute Gasteiger partial charge is 0.419 e. The first-order chi connectivity index (χ1) is 10.9. The van der Waals surface area contributed by atoms with Gasteiger partial charge in [0, 0.05) is 24.2 Å². The Kier molecular flexibility index (Phi) is 4.39. The van der Waals surface area contributed by atoms with E-state index < -0.39 is 11.7 Å². The summed E-state index contributed by atoms with van der Waals surface area (Å²) in [6.07, 6.45) is 1.91. The van der Waals surface area contributed by atoms with Crippen molar-refractivity contribution >= 4 is 11.6 Å². The molecule has 2 aromatic rings. The number of hydrogen-bond acceptors (Lipinski definition) is 4. The largest absolute Gasteiger partial charge is 0.476 e. The average Bonchev–Trinajstić information content (AvgIpc) is 2.47. The second-order valence-electron chi connectivity index (χ2n) is 5.38. The monoisotopic (exact) mass is 343 g/mol. The van der Waals surface area contributed by atoms with E-state index in [1.54, 1.807) is 6.07 Å². The van der Waals surface area contributed by atoms with E-state index in [0.717, 1.165) is 25.2 Å². The number of ether oxygens (including phenoxy) is 1. The van der Waals surface area contributed by atoms with E-state index in [4.69, 9.17) is 16.3 Å². The summed E-state index contributed by atoms with van der Waals surface area (Å²) in [5, 5.41) is 0.201. The zero-order valence-corrected chi connectivity index (χ0v) is 12.7. The van der Waals surface area contributed by atoms with Gasteiger partial charge in [-0.05, 0) is 24.8 Å². The molecule has 23 heavy (non-hydrogen) atoms. The molecule has 2 aromatic heterocycles. The van der Waals surface area contributed by atoms with Crippen LogP contribution < -0.4 is 4.74 Å². The van der Waals surface area contributed by atoms with Crippen molar-refractivity contribution in [2.75, 3.05) is 6.61 Å². The molecule has 1 saturated carbocycles. The van der Waals surface area contributed by atoms with Crippen molar-refractivity contribution in [3.05, 3.63) is 35.2 Å². The number of pyridine rings is 1. The van der Waals surface area contributed by atoms with Gasteiger partial charge < -0.3 is 4.74 Å². The maximum absolute atomic E-state index is 12.5. The highest BCUT2D eigenvalue weighted by Gasteiger charge is 2.31. The Morgan fingerprint density at radius 2 is 1.87 bits per heavy atom. The maximum Gasteiger partial charge on any atom is 0.419 e. The van der Waals surface area contributed by atoms with E-state index in [1.807, 2.05) is 0 Å². The quantitative estimate of drug-likeness (QED) is 0.826. The van der Waals surface area contributed by atoms with Gasteiger partial charge >= 0.3 is 6.18 Å². The molecule has 8 heteroatoms. The van der Waals surface area contributed by atoms with Gasteiger partial charge in [-0.2, -0.15) is 13.2 Å². The molecule has 0 unspecified atom stereocenters. The second-order valence-corrected chi connectivity index (χ2v) is 5.76. The summed E-state index contributed by atoms with van der Waals surface area (Å²) in [5.41, 5.74) is -0.521. The summed E-state index contributed by atoms with van der Waals surface area (Å²) in [6.45, 7) is 0.532. The van der Waals surface area contributed by atoms with E-state index in [9.17, 15) is 13.2 Å². The summed E-state index contributed by atoms with van der Waals surface area (Å²) in [4.78, 5) is 11.5. The minimum Gasteiger partial charge on any atom is -0.476 e. The van der Waals surface area contributed by atoms with Gasteiger partial charge in [0.15, 0.2) is 5.82 Å². The zero-order valence-electron chi connectivity index (χ0n) is 12.0.